The number of hydrogen-bond acceptors (Lipinski definition) is 5. The average Bonchev–Trinajstić information content (AvgIpc) is 3.14. The monoisotopic (exact) mass is 367 g/mol. The fourth-order valence-electron chi connectivity index (χ4n) is 2.85. The second-order valence-electron chi connectivity index (χ2n) is 7.87. The summed E-state index contributed by atoms with van der Waals surface area (Å²) in [4.78, 5) is 14.2. The lowest BCUT2D eigenvalue weighted by Gasteiger charge is -2.29. The maximum Gasteiger partial charge on any atom is 0.408 e. The normalized spacial score (nSPS) is 16.8. The quantitative estimate of drug-likeness (QED) is 0.755. The van der Waals surface area contributed by atoms with Crippen LogP contribution in [0.1, 0.15) is 39.2 Å². The largest absolute Gasteiger partial charge is 0.444 e. The van der Waals surface area contributed by atoms with Crippen molar-refractivity contribution in [1.82, 2.24) is 5.32 Å². The van der Waals surface area contributed by atoms with E-state index in [9.17, 15) is 9.00 Å². The predicted molar refractivity (Wildman–Crippen MR) is 103 cm³/mol. The van der Waals surface area contributed by atoms with Gasteiger partial charge in [0.25, 0.3) is 0 Å². The fraction of sp³-hybridized carbons (Fsp3) is 0.611. The first kappa shape index (κ1) is 19.6. The van der Waals surface area contributed by atoms with Crippen LogP contribution < -0.4 is 16.0 Å². The van der Waals surface area contributed by atoms with Crippen molar-refractivity contribution in [3.63, 3.8) is 0 Å². The summed E-state index contributed by atoms with van der Waals surface area (Å²) in [6.45, 7) is 6.22. The van der Waals surface area contributed by atoms with E-state index in [0.717, 1.165) is 24.1 Å². The van der Waals surface area contributed by atoms with Gasteiger partial charge in [0.2, 0.25) is 0 Å². The Bertz CT molecular complexity index is 666. The summed E-state index contributed by atoms with van der Waals surface area (Å²) < 4.78 is 17.0. The molecular weight excluding hydrogens is 338 g/mol. The number of amides is 1. The molecule has 0 saturated heterocycles. The van der Waals surface area contributed by atoms with Crippen molar-refractivity contribution < 1.29 is 13.7 Å². The molecule has 25 heavy (non-hydrogen) atoms. The molecule has 3 N–H and O–H groups in total. The number of alkyl carbamates (subject to hydrolysis) is 1. The predicted octanol–water partition coefficient (Wildman–Crippen LogP) is 2.64. The van der Waals surface area contributed by atoms with E-state index >= 15 is 0 Å². The second kappa shape index (κ2) is 7.23. The van der Waals surface area contributed by atoms with Crippen LogP contribution in [-0.4, -0.2) is 41.3 Å². The molecule has 1 unspecified atom stereocenters. The van der Waals surface area contributed by atoms with Crippen LogP contribution in [0.3, 0.4) is 0 Å². The molecular formula is C18H29N3O3S. The smallest absolute Gasteiger partial charge is 0.408 e. The zero-order valence-electron chi connectivity index (χ0n) is 15.7. The molecule has 6 nitrogen and oxygen atoms in total. The molecule has 0 heterocycles. The number of nitrogen functional groups attached to an aromatic ring is 1. The first-order chi connectivity index (χ1) is 11.5. The van der Waals surface area contributed by atoms with Gasteiger partial charge in [-0.25, -0.2) is 4.79 Å². The minimum atomic E-state index is -0.952. The third kappa shape index (κ3) is 5.92. The molecule has 0 bridgehead atoms. The molecule has 0 radical (unpaired) electrons. The van der Waals surface area contributed by atoms with Crippen molar-refractivity contribution in [2.45, 2.75) is 50.5 Å². The zero-order chi connectivity index (χ0) is 18.8. The minimum Gasteiger partial charge on any atom is -0.444 e. The van der Waals surface area contributed by atoms with Gasteiger partial charge in [0, 0.05) is 42.0 Å². The van der Waals surface area contributed by atoms with E-state index in [-0.39, 0.29) is 11.6 Å². The number of anilines is 2. The number of likely N-dealkylation sites (N-methyl/N-ethyl adjacent to an activating group) is 1. The van der Waals surface area contributed by atoms with Crippen molar-refractivity contribution in [3.05, 3.63) is 23.8 Å². The number of ether oxygens (including phenoxy) is 1. The molecule has 0 spiro atoms. The van der Waals surface area contributed by atoms with Gasteiger partial charge in [-0.2, -0.15) is 0 Å². The summed E-state index contributed by atoms with van der Waals surface area (Å²) in [6.07, 6.45) is 3.13. The van der Waals surface area contributed by atoms with Gasteiger partial charge in [0.05, 0.1) is 11.3 Å². The molecule has 7 heteroatoms. The lowest BCUT2D eigenvalue weighted by molar-refractivity contribution is 0.0498. The number of carbonyl (C=O) groups excluding carboxylic acids is 1. The van der Waals surface area contributed by atoms with Gasteiger partial charge in [-0.15, -0.1) is 0 Å². The molecule has 1 aliphatic carbocycles. The van der Waals surface area contributed by atoms with Gasteiger partial charge in [-0.05, 0) is 57.4 Å². The Morgan fingerprint density at radius 1 is 1.40 bits per heavy atom. The summed E-state index contributed by atoms with van der Waals surface area (Å²) in [5, 5.41) is 3.01. The highest BCUT2D eigenvalue weighted by atomic mass is 32.2. The Balaban J connectivity index is 2.08. The van der Waals surface area contributed by atoms with Crippen LogP contribution in [0.4, 0.5) is 16.2 Å². The summed E-state index contributed by atoms with van der Waals surface area (Å²) in [7, 11) is 1.02. The molecule has 0 aromatic heterocycles. The fourth-order valence-corrected chi connectivity index (χ4v) is 3.51. The molecule has 1 fully saturated rings. The molecule has 1 aliphatic rings. The number of carbonyl (C=O) groups is 1. The first-order valence-corrected chi connectivity index (χ1v) is 10.1. The molecule has 1 atom stereocenters. The highest BCUT2D eigenvalue weighted by molar-refractivity contribution is 7.83. The Labute approximate surface area is 152 Å². The Kier molecular flexibility index (Phi) is 5.66. The molecule has 1 aromatic carbocycles. The molecule has 0 aliphatic heterocycles. The SMILES string of the molecule is CN(CC1(NC(=O)OC(C)(C)C)CC1)c1ccc(N)cc1CS(C)=O. The lowest BCUT2D eigenvalue weighted by Crippen LogP contribution is -2.46. The third-order valence-corrected chi connectivity index (χ3v) is 4.75. The first-order valence-electron chi connectivity index (χ1n) is 8.40. The van der Waals surface area contributed by atoms with Crippen molar-refractivity contribution in [2.75, 3.05) is 30.5 Å². The van der Waals surface area contributed by atoms with Gasteiger partial charge in [-0.3, -0.25) is 4.21 Å². The number of rotatable bonds is 6. The second-order valence-corrected chi connectivity index (χ2v) is 9.30. The van der Waals surface area contributed by atoms with Crippen LogP contribution in [0.15, 0.2) is 18.2 Å². The van der Waals surface area contributed by atoms with E-state index in [1.165, 1.54) is 0 Å². The number of benzene rings is 1. The summed E-state index contributed by atoms with van der Waals surface area (Å²) >= 11 is 0. The van der Waals surface area contributed by atoms with Crippen LogP contribution in [0.5, 0.6) is 0 Å². The molecule has 1 amide bonds. The van der Waals surface area contributed by atoms with Crippen molar-refractivity contribution in [1.29, 1.82) is 0 Å². The average molecular weight is 368 g/mol. The van der Waals surface area contributed by atoms with Crippen LogP contribution in [0.2, 0.25) is 0 Å². The van der Waals surface area contributed by atoms with Gasteiger partial charge >= 0.3 is 6.09 Å². The highest BCUT2D eigenvalue weighted by Crippen LogP contribution is 2.38. The Morgan fingerprint density at radius 3 is 2.56 bits per heavy atom. The van der Waals surface area contributed by atoms with Crippen LogP contribution >= 0.6 is 0 Å². The Morgan fingerprint density at radius 2 is 2.04 bits per heavy atom. The minimum absolute atomic E-state index is 0.263. The lowest BCUT2D eigenvalue weighted by atomic mass is 10.1. The van der Waals surface area contributed by atoms with Crippen molar-refractivity contribution >= 4 is 28.3 Å². The van der Waals surface area contributed by atoms with Crippen molar-refractivity contribution in [3.8, 4) is 0 Å². The number of hydrogen-bond donors (Lipinski definition) is 2. The van der Waals surface area contributed by atoms with Crippen LogP contribution in [0.25, 0.3) is 0 Å². The topological polar surface area (TPSA) is 84.7 Å². The van der Waals surface area contributed by atoms with Gasteiger partial charge in [0.15, 0.2) is 0 Å². The molecule has 140 valence electrons. The molecule has 2 rings (SSSR count). The molecule has 1 saturated carbocycles. The summed E-state index contributed by atoms with van der Waals surface area (Å²) in [5.41, 5.74) is 7.70. The van der Waals surface area contributed by atoms with Crippen LogP contribution in [0, 0.1) is 0 Å². The number of nitrogens with two attached hydrogens (primary N) is 1. The maximum atomic E-state index is 12.1. The summed E-state index contributed by atoms with van der Waals surface area (Å²) in [5.74, 6) is 0.456. The van der Waals surface area contributed by atoms with E-state index in [1.54, 1.807) is 6.26 Å². The van der Waals surface area contributed by atoms with E-state index in [1.807, 2.05) is 46.0 Å². The van der Waals surface area contributed by atoms with E-state index in [2.05, 4.69) is 10.2 Å². The highest BCUT2D eigenvalue weighted by Gasteiger charge is 2.46. The Hall–Kier alpha value is -1.76. The zero-order valence-corrected chi connectivity index (χ0v) is 16.5. The van der Waals surface area contributed by atoms with Crippen molar-refractivity contribution in [2.24, 2.45) is 0 Å². The standard InChI is InChI=1S/C18H29N3O3S/c1-17(2,3)24-16(22)20-18(8-9-18)12-21(4)15-7-6-14(19)10-13(15)11-25(5)23/h6-7,10H,8-9,11-12,19H2,1-5H3,(H,20,22). The van der Waals surface area contributed by atoms with Gasteiger partial charge in [-0.1, -0.05) is 0 Å². The maximum absolute atomic E-state index is 12.1. The van der Waals surface area contributed by atoms with E-state index in [0.29, 0.717) is 18.0 Å². The number of nitrogens with zero attached hydrogens (tertiary/aromatic N) is 1. The number of nitrogens with one attached hydrogen (secondary N) is 1. The van der Waals surface area contributed by atoms with Crippen LogP contribution in [-0.2, 0) is 21.3 Å². The van der Waals surface area contributed by atoms with E-state index in [4.69, 9.17) is 10.5 Å². The van der Waals surface area contributed by atoms with Gasteiger partial charge in [0.1, 0.15) is 5.60 Å². The van der Waals surface area contributed by atoms with E-state index < -0.39 is 16.4 Å². The summed E-state index contributed by atoms with van der Waals surface area (Å²) in [6, 6.07) is 5.66. The molecule has 1 aromatic rings. The van der Waals surface area contributed by atoms with Gasteiger partial charge < -0.3 is 20.7 Å². The third-order valence-electron chi connectivity index (χ3n) is 4.03.